The van der Waals surface area contributed by atoms with Crippen molar-refractivity contribution in [2.24, 2.45) is 0 Å². The van der Waals surface area contributed by atoms with E-state index in [9.17, 15) is 18.0 Å². The van der Waals surface area contributed by atoms with Crippen LogP contribution < -0.4 is 4.72 Å². The Morgan fingerprint density at radius 1 is 0.893 bits per heavy atom. The van der Waals surface area contributed by atoms with Crippen LogP contribution in [0, 0.1) is 0 Å². The van der Waals surface area contributed by atoms with Crippen molar-refractivity contribution in [3.8, 4) is 0 Å². The number of hydrogen-bond donors (Lipinski definition) is 1. The fraction of sp³-hybridized carbons (Fsp3) is 0.300. The van der Waals surface area contributed by atoms with Gasteiger partial charge in [0.2, 0.25) is 0 Å². The van der Waals surface area contributed by atoms with Crippen LogP contribution in [0.3, 0.4) is 0 Å². The Labute approximate surface area is 164 Å². The molecule has 28 heavy (non-hydrogen) atoms. The predicted molar refractivity (Wildman–Crippen MR) is 105 cm³/mol. The van der Waals surface area contributed by atoms with E-state index in [1.807, 2.05) is 20.8 Å². The number of ether oxygens (including phenoxy) is 2. The SMILES string of the molecule is COC(=O)c1ccc(C(=O)OC)c(NS(=O)(=O)c2ccc(C(C)(C)C)cc2)c1. The van der Waals surface area contributed by atoms with E-state index >= 15 is 0 Å². The summed E-state index contributed by atoms with van der Waals surface area (Å²) in [5.41, 5.74) is 0.854. The second-order valence-electron chi connectivity index (χ2n) is 7.12. The third-order valence-corrected chi connectivity index (χ3v) is 5.50. The minimum Gasteiger partial charge on any atom is -0.465 e. The molecule has 7 nitrogen and oxygen atoms in total. The van der Waals surface area contributed by atoms with Crippen molar-refractivity contribution in [1.82, 2.24) is 0 Å². The van der Waals surface area contributed by atoms with Gasteiger partial charge in [-0.2, -0.15) is 0 Å². The summed E-state index contributed by atoms with van der Waals surface area (Å²) < 4.78 is 37.3. The highest BCUT2D eigenvalue weighted by Gasteiger charge is 2.22. The second-order valence-corrected chi connectivity index (χ2v) is 8.81. The summed E-state index contributed by atoms with van der Waals surface area (Å²) in [5.74, 6) is -1.40. The molecule has 150 valence electrons. The van der Waals surface area contributed by atoms with Crippen molar-refractivity contribution in [3.05, 3.63) is 59.2 Å². The monoisotopic (exact) mass is 405 g/mol. The smallest absolute Gasteiger partial charge is 0.339 e. The highest BCUT2D eigenvalue weighted by molar-refractivity contribution is 7.92. The molecule has 0 radical (unpaired) electrons. The predicted octanol–water partition coefficient (Wildman–Crippen LogP) is 3.36. The van der Waals surface area contributed by atoms with E-state index in [-0.39, 0.29) is 27.1 Å². The number of carbonyl (C=O) groups is 2. The van der Waals surface area contributed by atoms with E-state index in [0.717, 1.165) is 5.56 Å². The Morgan fingerprint density at radius 3 is 1.96 bits per heavy atom. The molecule has 0 fully saturated rings. The Balaban J connectivity index is 2.46. The second kappa shape index (κ2) is 8.02. The minimum absolute atomic E-state index is 0.0231. The molecule has 2 aromatic carbocycles. The van der Waals surface area contributed by atoms with Gasteiger partial charge in [0.25, 0.3) is 10.0 Å². The first-order chi connectivity index (χ1) is 13.0. The van der Waals surface area contributed by atoms with Crippen molar-refractivity contribution >= 4 is 27.6 Å². The Morgan fingerprint density at radius 2 is 1.46 bits per heavy atom. The van der Waals surface area contributed by atoms with Crippen molar-refractivity contribution in [2.45, 2.75) is 31.1 Å². The van der Waals surface area contributed by atoms with Crippen molar-refractivity contribution in [3.63, 3.8) is 0 Å². The van der Waals surface area contributed by atoms with Gasteiger partial charge in [-0.05, 0) is 41.3 Å². The maximum absolute atomic E-state index is 12.8. The summed E-state index contributed by atoms with van der Waals surface area (Å²) in [4.78, 5) is 23.8. The zero-order chi connectivity index (χ0) is 21.1. The lowest BCUT2D eigenvalue weighted by Crippen LogP contribution is -2.18. The fourth-order valence-corrected chi connectivity index (χ4v) is 3.57. The van der Waals surface area contributed by atoms with Crippen LogP contribution in [0.4, 0.5) is 5.69 Å². The van der Waals surface area contributed by atoms with Gasteiger partial charge < -0.3 is 9.47 Å². The van der Waals surface area contributed by atoms with Gasteiger partial charge in [-0.25, -0.2) is 18.0 Å². The van der Waals surface area contributed by atoms with E-state index in [2.05, 4.69) is 14.2 Å². The maximum Gasteiger partial charge on any atom is 0.339 e. The average Bonchev–Trinajstić information content (AvgIpc) is 2.65. The fourth-order valence-electron chi connectivity index (χ4n) is 2.50. The largest absolute Gasteiger partial charge is 0.465 e. The molecule has 0 aliphatic heterocycles. The van der Waals surface area contributed by atoms with Crippen LogP contribution in [-0.2, 0) is 24.9 Å². The van der Waals surface area contributed by atoms with Gasteiger partial charge in [-0.1, -0.05) is 32.9 Å². The molecular weight excluding hydrogens is 382 g/mol. The van der Waals surface area contributed by atoms with Gasteiger partial charge >= 0.3 is 11.9 Å². The topological polar surface area (TPSA) is 98.8 Å². The van der Waals surface area contributed by atoms with Crippen LogP contribution in [0.15, 0.2) is 47.4 Å². The van der Waals surface area contributed by atoms with Crippen LogP contribution in [0.1, 0.15) is 47.1 Å². The molecule has 2 rings (SSSR count). The summed E-state index contributed by atoms with van der Waals surface area (Å²) >= 11 is 0. The standard InChI is InChI=1S/C20H23NO6S/c1-20(2,3)14-7-9-15(10-8-14)28(24,25)21-17-12-13(18(22)26-4)6-11-16(17)19(23)27-5/h6-12,21H,1-5H3. The number of benzene rings is 2. The molecule has 0 heterocycles. The van der Waals surface area contributed by atoms with Gasteiger partial charge in [0.1, 0.15) is 0 Å². The summed E-state index contributed by atoms with van der Waals surface area (Å²) in [6, 6.07) is 10.4. The summed E-state index contributed by atoms with van der Waals surface area (Å²) in [5, 5.41) is 0. The zero-order valence-corrected chi connectivity index (χ0v) is 17.2. The van der Waals surface area contributed by atoms with Crippen LogP contribution in [0.25, 0.3) is 0 Å². The Hall–Kier alpha value is -2.87. The lowest BCUT2D eigenvalue weighted by atomic mass is 9.87. The van der Waals surface area contributed by atoms with Crippen molar-refractivity contribution < 1.29 is 27.5 Å². The summed E-state index contributed by atoms with van der Waals surface area (Å²) in [7, 11) is -1.61. The number of methoxy groups -OCH3 is 2. The molecular formula is C20H23NO6S. The van der Waals surface area contributed by atoms with Crippen LogP contribution in [0.5, 0.6) is 0 Å². The van der Waals surface area contributed by atoms with E-state index in [1.165, 1.54) is 44.6 Å². The maximum atomic E-state index is 12.8. The number of carbonyl (C=O) groups excluding carboxylic acids is 2. The number of esters is 2. The first-order valence-electron chi connectivity index (χ1n) is 8.43. The molecule has 0 saturated heterocycles. The molecule has 0 aliphatic carbocycles. The summed E-state index contributed by atoms with van der Waals surface area (Å²) in [6.07, 6.45) is 0. The molecule has 0 saturated carbocycles. The molecule has 0 bridgehead atoms. The van der Waals surface area contributed by atoms with Crippen molar-refractivity contribution in [2.75, 3.05) is 18.9 Å². The normalized spacial score (nSPS) is 11.6. The van der Waals surface area contributed by atoms with Crippen LogP contribution in [-0.4, -0.2) is 34.6 Å². The number of rotatable bonds is 5. The van der Waals surface area contributed by atoms with Gasteiger partial charge in [-0.3, -0.25) is 4.72 Å². The molecule has 2 aromatic rings. The number of nitrogens with one attached hydrogen (secondary N) is 1. The highest BCUT2D eigenvalue weighted by atomic mass is 32.2. The van der Waals surface area contributed by atoms with Crippen LogP contribution in [0.2, 0.25) is 0 Å². The van der Waals surface area contributed by atoms with Gasteiger partial charge in [0.15, 0.2) is 0 Å². The quantitative estimate of drug-likeness (QED) is 0.766. The molecule has 0 spiro atoms. The molecule has 0 unspecified atom stereocenters. The van der Waals surface area contributed by atoms with E-state index in [1.54, 1.807) is 12.1 Å². The summed E-state index contributed by atoms with van der Waals surface area (Å²) in [6.45, 7) is 6.07. The minimum atomic E-state index is -4.00. The lowest BCUT2D eigenvalue weighted by molar-refractivity contribution is 0.0587. The van der Waals surface area contributed by atoms with Crippen LogP contribution >= 0.6 is 0 Å². The number of hydrogen-bond acceptors (Lipinski definition) is 6. The first kappa shape index (κ1) is 21.4. The Kier molecular flexibility index (Phi) is 6.14. The number of anilines is 1. The first-order valence-corrected chi connectivity index (χ1v) is 9.92. The molecule has 1 N–H and O–H groups in total. The Bertz CT molecular complexity index is 988. The number of sulfonamides is 1. The van der Waals surface area contributed by atoms with Gasteiger partial charge in [0, 0.05) is 0 Å². The van der Waals surface area contributed by atoms with Gasteiger partial charge in [-0.15, -0.1) is 0 Å². The van der Waals surface area contributed by atoms with Crippen molar-refractivity contribution in [1.29, 1.82) is 0 Å². The lowest BCUT2D eigenvalue weighted by Gasteiger charge is -2.19. The average molecular weight is 405 g/mol. The molecule has 8 heteroatoms. The van der Waals surface area contributed by atoms with E-state index in [4.69, 9.17) is 0 Å². The molecule has 0 aliphatic rings. The third-order valence-electron chi connectivity index (χ3n) is 4.12. The highest BCUT2D eigenvalue weighted by Crippen LogP contribution is 2.26. The molecule has 0 aromatic heterocycles. The van der Waals surface area contributed by atoms with E-state index in [0.29, 0.717) is 0 Å². The molecule has 0 atom stereocenters. The third kappa shape index (κ3) is 4.69. The zero-order valence-electron chi connectivity index (χ0n) is 16.4. The molecule has 0 amide bonds. The van der Waals surface area contributed by atoms with Gasteiger partial charge in [0.05, 0.1) is 35.9 Å². The van der Waals surface area contributed by atoms with E-state index < -0.39 is 22.0 Å².